The van der Waals surface area contributed by atoms with Gasteiger partial charge >= 0.3 is 0 Å². The Balaban J connectivity index is 1.94. The van der Waals surface area contributed by atoms with E-state index in [1.54, 1.807) is 6.26 Å². The summed E-state index contributed by atoms with van der Waals surface area (Å²) in [5, 5.41) is 3.14. The van der Waals surface area contributed by atoms with Crippen LogP contribution in [0.15, 0.2) is 10.7 Å². The SMILES string of the molecule is CNC(C)c1coc(CC2CCOC2)n1. The van der Waals surface area contributed by atoms with Gasteiger partial charge in [-0.3, -0.25) is 0 Å². The van der Waals surface area contributed by atoms with Gasteiger partial charge in [-0.2, -0.15) is 0 Å². The number of nitrogens with zero attached hydrogens (tertiary/aromatic N) is 1. The maximum atomic E-state index is 5.44. The van der Waals surface area contributed by atoms with E-state index in [1.807, 2.05) is 7.05 Å². The Morgan fingerprint density at radius 1 is 1.67 bits per heavy atom. The van der Waals surface area contributed by atoms with E-state index in [0.29, 0.717) is 5.92 Å². The molecular weight excluding hydrogens is 192 g/mol. The number of rotatable bonds is 4. The smallest absolute Gasteiger partial charge is 0.194 e. The molecule has 0 radical (unpaired) electrons. The molecular formula is C11H18N2O2. The fraction of sp³-hybridized carbons (Fsp3) is 0.727. The highest BCUT2D eigenvalue weighted by molar-refractivity contribution is 5.02. The molecule has 84 valence electrons. The first-order valence-corrected chi connectivity index (χ1v) is 5.49. The highest BCUT2D eigenvalue weighted by Gasteiger charge is 2.19. The molecule has 4 nitrogen and oxygen atoms in total. The van der Waals surface area contributed by atoms with Crippen molar-refractivity contribution in [3.8, 4) is 0 Å². The van der Waals surface area contributed by atoms with Crippen LogP contribution in [0.2, 0.25) is 0 Å². The average Bonchev–Trinajstić information content (AvgIpc) is 2.88. The standard InChI is InChI=1S/C11H18N2O2/c1-8(12-2)10-7-15-11(13-10)5-9-3-4-14-6-9/h7-9,12H,3-6H2,1-2H3. The molecule has 2 rings (SSSR count). The Labute approximate surface area is 90.0 Å². The minimum atomic E-state index is 0.252. The summed E-state index contributed by atoms with van der Waals surface area (Å²) in [6.45, 7) is 3.80. The molecule has 0 aliphatic carbocycles. The van der Waals surface area contributed by atoms with Crippen LogP contribution in [0.1, 0.15) is 31.0 Å². The van der Waals surface area contributed by atoms with Crippen LogP contribution in [0.4, 0.5) is 0 Å². The molecule has 0 amide bonds. The van der Waals surface area contributed by atoms with Crippen LogP contribution >= 0.6 is 0 Å². The molecule has 1 aliphatic rings. The van der Waals surface area contributed by atoms with Gasteiger partial charge in [-0.25, -0.2) is 4.98 Å². The molecule has 15 heavy (non-hydrogen) atoms. The first-order valence-electron chi connectivity index (χ1n) is 5.49. The van der Waals surface area contributed by atoms with Gasteiger partial charge in [-0.05, 0) is 26.3 Å². The number of ether oxygens (including phenoxy) is 1. The minimum Gasteiger partial charge on any atom is -0.449 e. The molecule has 1 saturated heterocycles. The van der Waals surface area contributed by atoms with Gasteiger partial charge in [0.1, 0.15) is 6.26 Å². The fourth-order valence-electron chi connectivity index (χ4n) is 1.76. The van der Waals surface area contributed by atoms with Crippen LogP contribution in [0.3, 0.4) is 0 Å². The van der Waals surface area contributed by atoms with E-state index in [4.69, 9.17) is 9.15 Å². The second-order valence-corrected chi connectivity index (χ2v) is 4.11. The predicted octanol–water partition coefficient (Wildman–Crippen LogP) is 1.53. The highest BCUT2D eigenvalue weighted by Crippen LogP contribution is 2.19. The molecule has 2 unspecified atom stereocenters. The highest BCUT2D eigenvalue weighted by atomic mass is 16.5. The number of hydrogen-bond acceptors (Lipinski definition) is 4. The van der Waals surface area contributed by atoms with Crippen molar-refractivity contribution in [3.05, 3.63) is 17.8 Å². The van der Waals surface area contributed by atoms with E-state index in [9.17, 15) is 0 Å². The quantitative estimate of drug-likeness (QED) is 0.818. The lowest BCUT2D eigenvalue weighted by atomic mass is 10.1. The summed E-state index contributed by atoms with van der Waals surface area (Å²) < 4.78 is 10.8. The van der Waals surface area contributed by atoms with E-state index in [1.165, 1.54) is 0 Å². The van der Waals surface area contributed by atoms with E-state index in [0.717, 1.165) is 37.6 Å². The van der Waals surface area contributed by atoms with E-state index in [-0.39, 0.29) is 6.04 Å². The van der Waals surface area contributed by atoms with Gasteiger partial charge in [0.15, 0.2) is 5.89 Å². The third-order valence-electron chi connectivity index (χ3n) is 2.93. The van der Waals surface area contributed by atoms with Gasteiger partial charge in [0.2, 0.25) is 0 Å². The second-order valence-electron chi connectivity index (χ2n) is 4.11. The van der Waals surface area contributed by atoms with Crippen LogP contribution in [-0.4, -0.2) is 25.2 Å². The Morgan fingerprint density at radius 2 is 2.53 bits per heavy atom. The summed E-state index contributed by atoms with van der Waals surface area (Å²) in [5.74, 6) is 1.42. The summed E-state index contributed by atoms with van der Waals surface area (Å²) in [6, 6.07) is 0.252. The lowest BCUT2D eigenvalue weighted by Crippen LogP contribution is -2.12. The summed E-state index contributed by atoms with van der Waals surface area (Å²) in [5.41, 5.74) is 0.978. The van der Waals surface area contributed by atoms with E-state index in [2.05, 4.69) is 17.2 Å². The zero-order valence-corrected chi connectivity index (χ0v) is 9.32. The molecule has 1 aromatic heterocycles. The first-order chi connectivity index (χ1) is 7.29. The Bertz CT molecular complexity index is 305. The fourth-order valence-corrected chi connectivity index (χ4v) is 1.76. The molecule has 1 aliphatic heterocycles. The molecule has 2 atom stereocenters. The van der Waals surface area contributed by atoms with Crippen molar-refractivity contribution in [1.29, 1.82) is 0 Å². The van der Waals surface area contributed by atoms with Crippen LogP contribution in [0.25, 0.3) is 0 Å². The van der Waals surface area contributed by atoms with Crippen LogP contribution < -0.4 is 5.32 Å². The van der Waals surface area contributed by atoms with Crippen molar-refractivity contribution >= 4 is 0 Å². The van der Waals surface area contributed by atoms with Crippen molar-refractivity contribution in [3.63, 3.8) is 0 Å². The molecule has 0 aromatic carbocycles. The summed E-state index contributed by atoms with van der Waals surface area (Å²) in [6.07, 6.45) is 3.77. The lowest BCUT2D eigenvalue weighted by molar-refractivity contribution is 0.184. The predicted molar refractivity (Wildman–Crippen MR) is 56.6 cm³/mol. The molecule has 0 saturated carbocycles. The van der Waals surface area contributed by atoms with E-state index >= 15 is 0 Å². The lowest BCUT2D eigenvalue weighted by Gasteiger charge is -2.04. The van der Waals surface area contributed by atoms with Crippen molar-refractivity contribution in [2.24, 2.45) is 5.92 Å². The zero-order chi connectivity index (χ0) is 10.7. The summed E-state index contributed by atoms with van der Waals surface area (Å²) in [4.78, 5) is 4.46. The van der Waals surface area contributed by atoms with Crippen LogP contribution in [0, 0.1) is 5.92 Å². The topological polar surface area (TPSA) is 47.3 Å². The Hall–Kier alpha value is -0.870. The molecule has 1 fully saturated rings. The third-order valence-corrected chi connectivity index (χ3v) is 2.93. The molecule has 1 N–H and O–H groups in total. The number of nitrogens with one attached hydrogen (secondary N) is 1. The van der Waals surface area contributed by atoms with E-state index < -0.39 is 0 Å². The monoisotopic (exact) mass is 210 g/mol. The molecule has 2 heterocycles. The van der Waals surface area contributed by atoms with Gasteiger partial charge in [0.05, 0.1) is 5.69 Å². The molecule has 1 aromatic rings. The number of aromatic nitrogens is 1. The Kier molecular flexibility index (Phi) is 3.38. The number of oxazole rings is 1. The van der Waals surface area contributed by atoms with Crippen molar-refractivity contribution < 1.29 is 9.15 Å². The Morgan fingerprint density at radius 3 is 3.20 bits per heavy atom. The third kappa shape index (κ3) is 2.58. The first kappa shape index (κ1) is 10.6. The maximum Gasteiger partial charge on any atom is 0.194 e. The molecule has 0 spiro atoms. The van der Waals surface area contributed by atoms with Crippen LogP contribution in [-0.2, 0) is 11.2 Å². The molecule has 4 heteroatoms. The van der Waals surface area contributed by atoms with Crippen molar-refractivity contribution in [2.45, 2.75) is 25.8 Å². The minimum absolute atomic E-state index is 0.252. The van der Waals surface area contributed by atoms with Gasteiger partial charge < -0.3 is 14.5 Å². The number of hydrogen-bond donors (Lipinski definition) is 1. The second kappa shape index (κ2) is 4.77. The maximum absolute atomic E-state index is 5.44. The largest absolute Gasteiger partial charge is 0.449 e. The van der Waals surface area contributed by atoms with Gasteiger partial charge in [-0.15, -0.1) is 0 Å². The normalized spacial score (nSPS) is 23.2. The van der Waals surface area contributed by atoms with Crippen LogP contribution in [0.5, 0.6) is 0 Å². The van der Waals surface area contributed by atoms with Gasteiger partial charge in [-0.1, -0.05) is 0 Å². The summed E-state index contributed by atoms with van der Waals surface area (Å²) >= 11 is 0. The van der Waals surface area contributed by atoms with Gasteiger partial charge in [0.25, 0.3) is 0 Å². The zero-order valence-electron chi connectivity index (χ0n) is 9.32. The summed E-state index contributed by atoms with van der Waals surface area (Å²) in [7, 11) is 1.92. The van der Waals surface area contributed by atoms with Gasteiger partial charge in [0, 0.05) is 25.7 Å². The van der Waals surface area contributed by atoms with Crippen molar-refractivity contribution in [2.75, 3.05) is 20.3 Å². The average molecular weight is 210 g/mol. The molecule has 0 bridgehead atoms. The van der Waals surface area contributed by atoms with Crippen molar-refractivity contribution in [1.82, 2.24) is 10.3 Å².